The number of aryl methyl sites for hydroxylation is 2. The molecule has 0 atom stereocenters. The molecule has 0 aliphatic rings. The number of amides is 2. The van der Waals surface area contributed by atoms with Gasteiger partial charge in [0, 0.05) is 24.0 Å². The van der Waals surface area contributed by atoms with Gasteiger partial charge in [0.1, 0.15) is 0 Å². The number of thioether (sulfide) groups is 1. The summed E-state index contributed by atoms with van der Waals surface area (Å²) >= 11 is 1.21. The number of rotatable bonds is 6. The fraction of sp³-hybridized carbons (Fsp3) is 0.250. The van der Waals surface area contributed by atoms with Gasteiger partial charge in [0.15, 0.2) is 5.16 Å². The average molecular weight is 394 g/mol. The number of sulfonamides is 1. The number of benzene rings is 1. The molecule has 26 heavy (non-hydrogen) atoms. The Morgan fingerprint density at radius 1 is 1.08 bits per heavy atom. The Hall–Kier alpha value is -2.46. The first kappa shape index (κ1) is 19.9. The highest BCUT2D eigenvalue weighted by Gasteiger charge is 2.15. The van der Waals surface area contributed by atoms with Gasteiger partial charge in [-0.15, -0.1) is 0 Å². The number of hydrogen-bond acceptors (Lipinski definition) is 7. The predicted octanol–water partition coefficient (Wildman–Crippen LogP) is 1.65. The largest absolute Gasteiger partial charge is 0.325 e. The van der Waals surface area contributed by atoms with Crippen molar-refractivity contribution < 1.29 is 18.0 Å². The number of carbonyl (C=O) groups excluding carboxylic acids is 2. The molecular weight excluding hydrogens is 376 g/mol. The third-order valence-electron chi connectivity index (χ3n) is 3.02. The molecule has 0 fully saturated rings. The van der Waals surface area contributed by atoms with E-state index in [9.17, 15) is 18.0 Å². The Morgan fingerprint density at radius 2 is 1.65 bits per heavy atom. The first-order valence-electron chi connectivity index (χ1n) is 7.54. The van der Waals surface area contributed by atoms with Crippen LogP contribution in [-0.4, -0.2) is 36.0 Å². The monoisotopic (exact) mass is 394 g/mol. The van der Waals surface area contributed by atoms with Gasteiger partial charge in [-0.25, -0.2) is 23.1 Å². The molecule has 2 aromatic rings. The van der Waals surface area contributed by atoms with Gasteiger partial charge < -0.3 is 5.32 Å². The lowest BCUT2D eigenvalue weighted by Gasteiger charge is -2.08. The van der Waals surface area contributed by atoms with Gasteiger partial charge in [0.25, 0.3) is 10.0 Å². The van der Waals surface area contributed by atoms with Crippen molar-refractivity contribution in [1.29, 1.82) is 0 Å². The molecule has 1 heterocycles. The molecule has 8 nitrogen and oxygen atoms in total. The zero-order valence-electron chi connectivity index (χ0n) is 14.4. The predicted molar refractivity (Wildman–Crippen MR) is 98.3 cm³/mol. The normalized spacial score (nSPS) is 11.0. The standard InChI is InChI=1S/C16H18N4O4S2/c1-10-8-11(2)18-16(17-10)25-9-15(22)19-13-4-6-14(7-5-13)26(23,24)20-12(3)21/h4-8H,9H2,1-3H3,(H,19,22)(H,20,21). The van der Waals surface area contributed by atoms with E-state index in [1.807, 2.05) is 24.6 Å². The van der Waals surface area contributed by atoms with E-state index in [0.717, 1.165) is 18.3 Å². The van der Waals surface area contributed by atoms with Crippen molar-refractivity contribution in [3.05, 3.63) is 41.7 Å². The number of nitrogens with one attached hydrogen (secondary N) is 2. The van der Waals surface area contributed by atoms with E-state index < -0.39 is 15.9 Å². The summed E-state index contributed by atoms with van der Waals surface area (Å²) in [6.45, 7) is 4.83. The van der Waals surface area contributed by atoms with Gasteiger partial charge in [0.05, 0.1) is 10.6 Å². The molecule has 0 aliphatic carbocycles. The van der Waals surface area contributed by atoms with E-state index in [-0.39, 0.29) is 16.6 Å². The molecule has 0 radical (unpaired) electrons. The van der Waals surface area contributed by atoms with Gasteiger partial charge in [0.2, 0.25) is 11.8 Å². The van der Waals surface area contributed by atoms with Crippen LogP contribution >= 0.6 is 11.8 Å². The molecule has 138 valence electrons. The van der Waals surface area contributed by atoms with Gasteiger partial charge in [-0.2, -0.15) is 0 Å². The first-order chi connectivity index (χ1) is 12.2. The Balaban J connectivity index is 1.96. The van der Waals surface area contributed by atoms with Crippen LogP contribution in [0.15, 0.2) is 40.4 Å². The summed E-state index contributed by atoms with van der Waals surface area (Å²) in [5, 5.41) is 3.19. The highest BCUT2D eigenvalue weighted by atomic mass is 32.2. The van der Waals surface area contributed by atoms with Crippen molar-refractivity contribution in [2.45, 2.75) is 30.8 Å². The zero-order valence-corrected chi connectivity index (χ0v) is 16.1. The van der Waals surface area contributed by atoms with Crippen molar-refractivity contribution >= 4 is 39.3 Å². The number of anilines is 1. The van der Waals surface area contributed by atoms with Gasteiger partial charge >= 0.3 is 0 Å². The molecule has 2 rings (SSSR count). The van der Waals surface area contributed by atoms with E-state index >= 15 is 0 Å². The third-order valence-corrected chi connectivity index (χ3v) is 5.32. The van der Waals surface area contributed by atoms with E-state index in [0.29, 0.717) is 10.8 Å². The van der Waals surface area contributed by atoms with Crippen molar-refractivity contribution in [2.75, 3.05) is 11.1 Å². The first-order valence-corrected chi connectivity index (χ1v) is 10.0. The van der Waals surface area contributed by atoms with Crippen molar-refractivity contribution in [3.63, 3.8) is 0 Å². The lowest BCUT2D eigenvalue weighted by atomic mass is 10.3. The molecule has 0 spiro atoms. The molecular formula is C16H18N4O4S2. The minimum absolute atomic E-state index is 0.0660. The second-order valence-corrected chi connectivity index (χ2v) is 8.08. The van der Waals surface area contributed by atoms with Crippen LogP contribution in [0.25, 0.3) is 0 Å². The summed E-state index contributed by atoms with van der Waals surface area (Å²) in [5.74, 6) is -0.822. The smallest absolute Gasteiger partial charge is 0.264 e. The molecule has 0 saturated heterocycles. The molecule has 1 aromatic heterocycles. The van der Waals surface area contributed by atoms with Crippen molar-refractivity contribution in [3.8, 4) is 0 Å². The number of aromatic nitrogens is 2. The van der Waals surface area contributed by atoms with Crippen LogP contribution in [0.2, 0.25) is 0 Å². The van der Waals surface area contributed by atoms with Crippen LogP contribution in [0.4, 0.5) is 5.69 Å². The van der Waals surface area contributed by atoms with Crippen LogP contribution in [0, 0.1) is 13.8 Å². The summed E-state index contributed by atoms with van der Waals surface area (Å²) in [6, 6.07) is 7.36. The SMILES string of the molecule is CC(=O)NS(=O)(=O)c1ccc(NC(=O)CSc2nc(C)cc(C)n2)cc1. The Labute approximate surface area is 155 Å². The fourth-order valence-corrected chi connectivity index (χ4v) is 3.79. The quantitative estimate of drug-likeness (QED) is 0.565. The van der Waals surface area contributed by atoms with Crippen LogP contribution in [0.3, 0.4) is 0 Å². The summed E-state index contributed by atoms with van der Waals surface area (Å²) in [5.41, 5.74) is 2.10. The highest BCUT2D eigenvalue weighted by Crippen LogP contribution is 2.17. The molecule has 0 saturated carbocycles. The maximum atomic E-state index is 12.0. The van der Waals surface area contributed by atoms with Crippen LogP contribution in [0.5, 0.6) is 0 Å². The second kappa shape index (κ2) is 8.28. The maximum absolute atomic E-state index is 12.0. The van der Waals surface area contributed by atoms with Crippen molar-refractivity contribution in [2.24, 2.45) is 0 Å². The Bertz CT molecular complexity index is 908. The summed E-state index contributed by atoms with van der Waals surface area (Å²) < 4.78 is 25.6. The molecule has 2 N–H and O–H groups in total. The summed E-state index contributed by atoms with van der Waals surface area (Å²) in [4.78, 5) is 31.4. The minimum Gasteiger partial charge on any atom is -0.325 e. The number of hydrogen-bond donors (Lipinski definition) is 2. The lowest BCUT2D eigenvalue weighted by molar-refractivity contribution is -0.117. The minimum atomic E-state index is -3.89. The molecule has 10 heteroatoms. The van der Waals surface area contributed by atoms with Gasteiger partial charge in [-0.1, -0.05) is 11.8 Å². The van der Waals surface area contributed by atoms with E-state index in [2.05, 4.69) is 15.3 Å². The second-order valence-electron chi connectivity index (χ2n) is 5.46. The topological polar surface area (TPSA) is 118 Å². The maximum Gasteiger partial charge on any atom is 0.264 e. The van der Waals surface area contributed by atoms with Crippen LogP contribution < -0.4 is 10.0 Å². The van der Waals surface area contributed by atoms with Gasteiger partial charge in [-0.3, -0.25) is 9.59 Å². The van der Waals surface area contributed by atoms with E-state index in [4.69, 9.17) is 0 Å². The summed E-state index contributed by atoms with van der Waals surface area (Å²) in [7, 11) is -3.89. The number of nitrogens with zero attached hydrogens (tertiary/aromatic N) is 2. The molecule has 0 bridgehead atoms. The summed E-state index contributed by atoms with van der Waals surface area (Å²) in [6.07, 6.45) is 0. The van der Waals surface area contributed by atoms with Crippen LogP contribution in [0.1, 0.15) is 18.3 Å². The molecule has 0 aliphatic heterocycles. The molecule has 1 aromatic carbocycles. The Kier molecular flexibility index (Phi) is 6.32. The van der Waals surface area contributed by atoms with Gasteiger partial charge in [-0.05, 0) is 44.2 Å². The molecule has 0 unspecified atom stereocenters. The molecule has 2 amide bonds. The lowest BCUT2D eigenvalue weighted by Crippen LogP contribution is -2.28. The highest BCUT2D eigenvalue weighted by molar-refractivity contribution is 7.99. The Morgan fingerprint density at radius 3 is 2.19 bits per heavy atom. The van der Waals surface area contributed by atoms with Crippen LogP contribution in [-0.2, 0) is 19.6 Å². The average Bonchev–Trinajstić information content (AvgIpc) is 2.51. The van der Waals surface area contributed by atoms with Crippen molar-refractivity contribution in [1.82, 2.24) is 14.7 Å². The number of carbonyl (C=O) groups is 2. The zero-order chi connectivity index (χ0) is 19.3. The van der Waals surface area contributed by atoms with E-state index in [1.54, 1.807) is 0 Å². The fourth-order valence-electron chi connectivity index (χ4n) is 2.05. The van der Waals surface area contributed by atoms with E-state index in [1.165, 1.54) is 36.0 Å². The third kappa shape index (κ3) is 5.81.